The van der Waals surface area contributed by atoms with Gasteiger partial charge < -0.3 is 19.9 Å². The molecule has 7 heteroatoms. The van der Waals surface area contributed by atoms with Gasteiger partial charge in [0.05, 0.1) is 7.11 Å². The fourth-order valence-corrected chi connectivity index (χ4v) is 3.87. The molecule has 2 N–H and O–H groups in total. The van der Waals surface area contributed by atoms with Crippen LogP contribution in [0, 0.1) is 6.92 Å². The van der Waals surface area contributed by atoms with Crippen LogP contribution in [0.4, 0.5) is 0 Å². The lowest BCUT2D eigenvalue weighted by atomic mass is 9.94. The van der Waals surface area contributed by atoms with E-state index in [0.29, 0.717) is 47.7 Å². The van der Waals surface area contributed by atoms with Crippen molar-refractivity contribution in [2.45, 2.75) is 46.3 Å². The van der Waals surface area contributed by atoms with Crippen molar-refractivity contribution in [3.05, 3.63) is 68.8 Å². The van der Waals surface area contributed by atoms with Crippen LogP contribution in [0.5, 0.6) is 11.5 Å². The molecule has 0 spiro atoms. The summed E-state index contributed by atoms with van der Waals surface area (Å²) in [5.74, 6) is -0.109. The number of benzene rings is 2. The number of allylic oxidation sites excluding steroid dienone is 2. The number of hydrogen-bond acceptors (Lipinski definition) is 5. The second kappa shape index (κ2) is 9.88. The third-order valence-electron chi connectivity index (χ3n) is 5.43. The highest BCUT2D eigenvalue weighted by atomic mass is 35.5. The molecule has 0 saturated carbocycles. The molecule has 0 unspecified atom stereocenters. The van der Waals surface area contributed by atoms with Crippen molar-refractivity contribution in [1.82, 2.24) is 5.32 Å². The number of nitrogens with one attached hydrogen (secondary N) is 1. The van der Waals surface area contributed by atoms with Crippen molar-refractivity contribution >= 4 is 23.5 Å². The molecule has 1 heterocycles. The maximum atomic E-state index is 12.2. The van der Waals surface area contributed by atoms with Crippen molar-refractivity contribution in [2.75, 3.05) is 7.11 Å². The summed E-state index contributed by atoms with van der Waals surface area (Å²) in [6, 6.07) is 7.37. The molecule has 0 aliphatic carbocycles. The number of halogens is 1. The first-order valence-electron chi connectivity index (χ1n) is 10.1. The van der Waals surface area contributed by atoms with Gasteiger partial charge in [-0.2, -0.15) is 0 Å². The number of cyclic esters (lactones) is 1. The van der Waals surface area contributed by atoms with Crippen LogP contribution in [0.1, 0.15) is 52.4 Å². The maximum absolute atomic E-state index is 12.2. The maximum Gasteiger partial charge on any atom is 0.342 e. The number of aromatic hydroxyl groups is 1. The molecule has 1 aliphatic rings. The van der Waals surface area contributed by atoms with Crippen molar-refractivity contribution in [1.29, 1.82) is 0 Å². The van der Waals surface area contributed by atoms with Gasteiger partial charge in [-0.05, 0) is 49.9 Å². The molecule has 2 aromatic carbocycles. The van der Waals surface area contributed by atoms with E-state index in [0.717, 1.165) is 16.7 Å². The van der Waals surface area contributed by atoms with Crippen molar-refractivity contribution in [3.63, 3.8) is 0 Å². The third-order valence-corrected chi connectivity index (χ3v) is 5.66. The molecule has 6 nitrogen and oxygen atoms in total. The number of ether oxygens (including phenoxy) is 2. The number of rotatable bonds is 8. The summed E-state index contributed by atoms with van der Waals surface area (Å²) in [4.78, 5) is 24.2. The van der Waals surface area contributed by atoms with Gasteiger partial charge >= 0.3 is 5.97 Å². The van der Waals surface area contributed by atoms with Crippen LogP contribution in [0.2, 0.25) is 5.02 Å². The zero-order valence-corrected chi connectivity index (χ0v) is 18.6. The summed E-state index contributed by atoms with van der Waals surface area (Å²) in [5.41, 5.74) is 4.17. The molecule has 0 fully saturated rings. The van der Waals surface area contributed by atoms with Crippen LogP contribution < -0.4 is 10.1 Å². The fourth-order valence-electron chi connectivity index (χ4n) is 3.65. The van der Waals surface area contributed by atoms with E-state index in [2.05, 4.69) is 5.32 Å². The molecule has 1 aliphatic heterocycles. The van der Waals surface area contributed by atoms with Crippen LogP contribution in [-0.2, 0) is 29.1 Å². The number of carbonyl (C=O) groups excluding carboxylic acids is 2. The lowest BCUT2D eigenvalue weighted by Gasteiger charge is -2.15. The second-order valence-electron chi connectivity index (χ2n) is 7.58. The van der Waals surface area contributed by atoms with E-state index in [1.807, 2.05) is 38.1 Å². The Bertz CT molecular complexity index is 1040. The standard InChI is InChI=1S/C24H26ClNO5/c1-14(8-10-20(27)26-12-16-5-4-6-17(25)11-16)7-9-18-22(28)21-19(13-31-24(21)29)15(2)23(18)30-3/h4-7,11,28H,8-10,12-13H2,1-3H3,(H,26,27). The van der Waals surface area contributed by atoms with Crippen LogP contribution in [-0.4, -0.2) is 24.1 Å². The highest BCUT2D eigenvalue weighted by Crippen LogP contribution is 2.42. The van der Waals surface area contributed by atoms with Gasteiger partial charge in [-0.1, -0.05) is 35.4 Å². The Kier molecular flexibility index (Phi) is 7.23. The number of phenolic OH excluding ortho intramolecular Hbond substituents is 1. The fraction of sp³-hybridized carbons (Fsp3) is 0.333. The van der Waals surface area contributed by atoms with E-state index in [1.54, 1.807) is 6.07 Å². The zero-order valence-electron chi connectivity index (χ0n) is 17.9. The number of fused-ring (bicyclic) bond motifs is 1. The van der Waals surface area contributed by atoms with Gasteiger partial charge in [0.2, 0.25) is 5.91 Å². The predicted octanol–water partition coefficient (Wildman–Crippen LogP) is 4.62. The lowest BCUT2D eigenvalue weighted by molar-refractivity contribution is -0.121. The largest absolute Gasteiger partial charge is 0.507 e. The summed E-state index contributed by atoms with van der Waals surface area (Å²) in [7, 11) is 1.54. The number of carbonyl (C=O) groups is 2. The molecular weight excluding hydrogens is 418 g/mol. The monoisotopic (exact) mass is 443 g/mol. The molecule has 0 radical (unpaired) electrons. The Labute approximate surface area is 186 Å². The second-order valence-corrected chi connectivity index (χ2v) is 8.01. The summed E-state index contributed by atoms with van der Waals surface area (Å²) < 4.78 is 10.6. The van der Waals surface area contributed by atoms with E-state index in [1.165, 1.54) is 7.11 Å². The van der Waals surface area contributed by atoms with E-state index >= 15 is 0 Å². The first kappa shape index (κ1) is 22.7. The molecule has 2 aromatic rings. The molecule has 3 rings (SSSR count). The van der Waals surface area contributed by atoms with Crippen LogP contribution in [0.25, 0.3) is 0 Å². The molecule has 0 aromatic heterocycles. The summed E-state index contributed by atoms with van der Waals surface area (Å²) in [5, 5.41) is 14.2. The summed E-state index contributed by atoms with van der Waals surface area (Å²) in [6.07, 6.45) is 3.25. The predicted molar refractivity (Wildman–Crippen MR) is 119 cm³/mol. The zero-order chi connectivity index (χ0) is 22.5. The summed E-state index contributed by atoms with van der Waals surface area (Å²) >= 11 is 5.96. The third kappa shape index (κ3) is 5.20. The van der Waals surface area contributed by atoms with E-state index < -0.39 is 5.97 Å². The van der Waals surface area contributed by atoms with Crippen LogP contribution in [0.15, 0.2) is 35.9 Å². The number of esters is 1. The number of amides is 1. The quantitative estimate of drug-likeness (QED) is 0.459. The Balaban J connectivity index is 1.62. The average Bonchev–Trinajstić information content (AvgIpc) is 3.14. The molecular formula is C24H26ClNO5. The van der Waals surface area contributed by atoms with Crippen molar-refractivity contribution < 1.29 is 24.2 Å². The SMILES string of the molecule is COc1c(C)c2c(c(O)c1CC=C(C)CCC(=O)NCc1cccc(Cl)c1)C(=O)OC2. The Hall–Kier alpha value is -2.99. The average molecular weight is 444 g/mol. The number of phenols is 1. The van der Waals surface area contributed by atoms with Crippen LogP contribution >= 0.6 is 11.6 Å². The topological polar surface area (TPSA) is 84.9 Å². The van der Waals surface area contributed by atoms with E-state index in [4.69, 9.17) is 21.1 Å². The minimum atomic E-state index is -0.517. The molecule has 0 saturated heterocycles. The highest BCUT2D eigenvalue weighted by molar-refractivity contribution is 6.30. The van der Waals surface area contributed by atoms with Gasteiger partial charge in [0.15, 0.2) is 0 Å². The molecule has 0 atom stereocenters. The highest BCUT2D eigenvalue weighted by Gasteiger charge is 2.31. The molecule has 31 heavy (non-hydrogen) atoms. The van der Waals surface area contributed by atoms with Gasteiger partial charge in [0, 0.05) is 29.1 Å². The normalized spacial score (nSPS) is 13.0. The molecule has 0 bridgehead atoms. The van der Waals surface area contributed by atoms with E-state index in [-0.39, 0.29) is 23.8 Å². The van der Waals surface area contributed by atoms with Gasteiger partial charge in [0.1, 0.15) is 23.7 Å². The number of hydrogen-bond donors (Lipinski definition) is 2. The first-order valence-corrected chi connectivity index (χ1v) is 10.4. The molecule has 164 valence electrons. The number of methoxy groups -OCH3 is 1. The Morgan fingerprint density at radius 1 is 1.35 bits per heavy atom. The Morgan fingerprint density at radius 2 is 2.13 bits per heavy atom. The minimum absolute atomic E-state index is 0.0516. The first-order chi connectivity index (χ1) is 14.8. The van der Waals surface area contributed by atoms with Gasteiger partial charge in [-0.3, -0.25) is 4.79 Å². The van der Waals surface area contributed by atoms with E-state index in [9.17, 15) is 14.7 Å². The Morgan fingerprint density at radius 3 is 2.84 bits per heavy atom. The summed E-state index contributed by atoms with van der Waals surface area (Å²) in [6.45, 7) is 4.35. The van der Waals surface area contributed by atoms with Crippen molar-refractivity contribution in [2.24, 2.45) is 0 Å². The minimum Gasteiger partial charge on any atom is -0.507 e. The van der Waals surface area contributed by atoms with Crippen LogP contribution in [0.3, 0.4) is 0 Å². The molecule has 1 amide bonds. The lowest BCUT2D eigenvalue weighted by Crippen LogP contribution is -2.22. The van der Waals surface area contributed by atoms with Gasteiger partial charge in [-0.15, -0.1) is 0 Å². The van der Waals surface area contributed by atoms with Gasteiger partial charge in [0.25, 0.3) is 0 Å². The van der Waals surface area contributed by atoms with Gasteiger partial charge in [-0.25, -0.2) is 4.79 Å². The smallest absolute Gasteiger partial charge is 0.342 e. The van der Waals surface area contributed by atoms with Crippen molar-refractivity contribution in [3.8, 4) is 11.5 Å².